The predicted octanol–water partition coefficient (Wildman–Crippen LogP) is 1.31. The quantitative estimate of drug-likeness (QED) is 0.858. The van der Waals surface area contributed by atoms with Crippen LogP contribution in [-0.2, 0) is 11.2 Å². The van der Waals surface area contributed by atoms with Gasteiger partial charge in [0.2, 0.25) is 0 Å². The molecule has 2 fully saturated rings. The maximum absolute atomic E-state index is 6.19. The number of hydrogen-bond donors (Lipinski definition) is 1. The number of para-hydroxylation sites is 1. The number of piperazine rings is 1. The van der Waals surface area contributed by atoms with Gasteiger partial charge in [0.25, 0.3) is 0 Å². The molecule has 0 radical (unpaired) electrons. The first-order valence-electron chi connectivity index (χ1n) is 8.20. The lowest BCUT2D eigenvalue weighted by atomic mass is 10.1. The Balaban J connectivity index is 1.68. The van der Waals surface area contributed by atoms with E-state index in [9.17, 15) is 0 Å². The average molecular weight is 306 g/mol. The van der Waals surface area contributed by atoms with Crippen molar-refractivity contribution < 1.29 is 14.2 Å². The highest BCUT2D eigenvalue weighted by Gasteiger charge is 2.21. The molecule has 3 rings (SSSR count). The number of ether oxygens (including phenoxy) is 3. The van der Waals surface area contributed by atoms with Gasteiger partial charge in [0.05, 0.1) is 20.3 Å². The van der Waals surface area contributed by atoms with Crippen LogP contribution in [0.3, 0.4) is 0 Å². The molecule has 1 atom stereocenters. The summed E-state index contributed by atoms with van der Waals surface area (Å²) >= 11 is 0. The monoisotopic (exact) mass is 306 g/mol. The minimum Gasteiger partial charge on any atom is -0.493 e. The summed E-state index contributed by atoms with van der Waals surface area (Å²) in [4.78, 5) is 2.50. The molecular weight excluding hydrogens is 280 g/mol. The average Bonchev–Trinajstić information content (AvgIpc) is 3.08. The van der Waals surface area contributed by atoms with Crippen LogP contribution in [0.4, 0.5) is 0 Å². The Bertz CT molecular complexity index is 469. The highest BCUT2D eigenvalue weighted by Crippen LogP contribution is 2.33. The molecule has 1 aromatic rings. The fourth-order valence-corrected chi connectivity index (χ4v) is 3.04. The van der Waals surface area contributed by atoms with E-state index in [1.165, 1.54) is 5.56 Å². The van der Waals surface area contributed by atoms with Gasteiger partial charge >= 0.3 is 0 Å². The van der Waals surface area contributed by atoms with E-state index in [1.54, 1.807) is 7.11 Å². The van der Waals surface area contributed by atoms with Gasteiger partial charge in [-0.1, -0.05) is 12.1 Å². The lowest BCUT2D eigenvalue weighted by Gasteiger charge is -2.27. The van der Waals surface area contributed by atoms with E-state index in [0.29, 0.717) is 6.61 Å². The van der Waals surface area contributed by atoms with Crippen molar-refractivity contribution >= 4 is 0 Å². The molecule has 2 aliphatic rings. The Kier molecular flexibility index (Phi) is 5.53. The van der Waals surface area contributed by atoms with Crippen molar-refractivity contribution in [3.63, 3.8) is 0 Å². The van der Waals surface area contributed by atoms with E-state index >= 15 is 0 Å². The summed E-state index contributed by atoms with van der Waals surface area (Å²) in [6, 6.07) is 6.17. The molecule has 122 valence electrons. The molecule has 2 heterocycles. The number of nitrogens with one attached hydrogen (secondary N) is 1. The minimum absolute atomic E-state index is 0.147. The summed E-state index contributed by atoms with van der Waals surface area (Å²) in [6.07, 6.45) is 2.09. The molecule has 2 saturated heterocycles. The van der Waals surface area contributed by atoms with Crippen LogP contribution in [0, 0.1) is 0 Å². The van der Waals surface area contributed by atoms with E-state index in [1.807, 2.05) is 12.1 Å². The van der Waals surface area contributed by atoms with Crippen molar-refractivity contribution in [2.24, 2.45) is 0 Å². The van der Waals surface area contributed by atoms with Crippen LogP contribution >= 0.6 is 0 Å². The summed E-state index contributed by atoms with van der Waals surface area (Å²) in [7, 11) is 1.70. The van der Waals surface area contributed by atoms with Crippen LogP contribution in [0.1, 0.15) is 12.0 Å². The largest absolute Gasteiger partial charge is 0.493 e. The van der Waals surface area contributed by atoms with E-state index in [2.05, 4.69) is 16.3 Å². The Morgan fingerprint density at radius 3 is 2.91 bits per heavy atom. The molecule has 2 aliphatic heterocycles. The summed E-state index contributed by atoms with van der Waals surface area (Å²) < 4.78 is 17.1. The van der Waals surface area contributed by atoms with Crippen LogP contribution in [-0.4, -0.2) is 64.1 Å². The summed E-state index contributed by atoms with van der Waals surface area (Å²) in [5, 5.41) is 3.39. The minimum atomic E-state index is 0.147. The zero-order valence-electron chi connectivity index (χ0n) is 13.3. The van der Waals surface area contributed by atoms with Gasteiger partial charge in [-0.3, -0.25) is 0 Å². The van der Waals surface area contributed by atoms with Gasteiger partial charge in [0.1, 0.15) is 6.10 Å². The smallest absolute Gasteiger partial charge is 0.164 e. The normalized spacial score (nSPS) is 22.7. The molecule has 0 aromatic heterocycles. The highest BCUT2D eigenvalue weighted by molar-refractivity contribution is 5.47. The number of benzene rings is 1. The van der Waals surface area contributed by atoms with Gasteiger partial charge in [-0.15, -0.1) is 0 Å². The van der Waals surface area contributed by atoms with E-state index in [4.69, 9.17) is 14.2 Å². The van der Waals surface area contributed by atoms with Crippen LogP contribution in [0.25, 0.3) is 0 Å². The van der Waals surface area contributed by atoms with Crippen LogP contribution in [0.15, 0.2) is 18.2 Å². The first-order chi connectivity index (χ1) is 10.9. The number of methoxy groups -OCH3 is 1. The molecule has 5 nitrogen and oxygen atoms in total. The second-order valence-corrected chi connectivity index (χ2v) is 5.89. The van der Waals surface area contributed by atoms with Crippen molar-refractivity contribution in [3.05, 3.63) is 23.8 Å². The van der Waals surface area contributed by atoms with E-state index in [-0.39, 0.29) is 6.10 Å². The van der Waals surface area contributed by atoms with Crippen molar-refractivity contribution in [3.8, 4) is 11.5 Å². The molecule has 5 heteroatoms. The molecule has 0 amide bonds. The van der Waals surface area contributed by atoms with Gasteiger partial charge in [-0.2, -0.15) is 0 Å². The first-order valence-corrected chi connectivity index (χ1v) is 8.20. The fourth-order valence-electron chi connectivity index (χ4n) is 3.04. The van der Waals surface area contributed by atoms with Gasteiger partial charge in [0, 0.05) is 39.1 Å². The fraction of sp³-hybridized carbons (Fsp3) is 0.647. The Hall–Kier alpha value is -1.30. The van der Waals surface area contributed by atoms with Crippen molar-refractivity contribution in [1.29, 1.82) is 0 Å². The van der Waals surface area contributed by atoms with E-state index < -0.39 is 0 Å². The predicted molar refractivity (Wildman–Crippen MR) is 85.9 cm³/mol. The van der Waals surface area contributed by atoms with Crippen molar-refractivity contribution in [1.82, 2.24) is 10.2 Å². The molecule has 0 saturated carbocycles. The molecule has 0 spiro atoms. The summed E-state index contributed by atoms with van der Waals surface area (Å²) in [6.45, 7) is 6.94. The lowest BCUT2D eigenvalue weighted by molar-refractivity contribution is 0.137. The van der Waals surface area contributed by atoms with Crippen LogP contribution in [0.5, 0.6) is 11.5 Å². The Morgan fingerprint density at radius 1 is 1.32 bits per heavy atom. The maximum atomic E-state index is 6.19. The van der Waals surface area contributed by atoms with Gasteiger partial charge < -0.3 is 24.4 Å². The third-order valence-corrected chi connectivity index (χ3v) is 4.36. The zero-order valence-corrected chi connectivity index (χ0v) is 13.3. The Labute approximate surface area is 132 Å². The van der Waals surface area contributed by atoms with Gasteiger partial charge in [0.15, 0.2) is 11.5 Å². The lowest BCUT2D eigenvalue weighted by Crippen LogP contribution is -2.44. The van der Waals surface area contributed by atoms with Gasteiger partial charge in [-0.25, -0.2) is 0 Å². The summed E-state index contributed by atoms with van der Waals surface area (Å²) in [5.41, 5.74) is 1.23. The number of rotatable bonds is 6. The molecule has 22 heavy (non-hydrogen) atoms. The molecular formula is C17H26N2O3. The van der Waals surface area contributed by atoms with Crippen LogP contribution < -0.4 is 14.8 Å². The van der Waals surface area contributed by atoms with Crippen LogP contribution in [0.2, 0.25) is 0 Å². The zero-order chi connectivity index (χ0) is 15.2. The standard InChI is InChI=1S/C17H26N2O3/c1-20-16-4-2-3-14(5-9-19-10-7-18-8-11-19)17(16)22-15-6-12-21-13-15/h2-4,15,18H,5-13H2,1H3. The molecule has 1 unspecified atom stereocenters. The summed E-state index contributed by atoms with van der Waals surface area (Å²) in [5.74, 6) is 1.72. The second kappa shape index (κ2) is 7.81. The van der Waals surface area contributed by atoms with Gasteiger partial charge in [-0.05, 0) is 18.1 Å². The van der Waals surface area contributed by atoms with Crippen molar-refractivity contribution in [2.45, 2.75) is 18.9 Å². The molecule has 0 bridgehead atoms. The van der Waals surface area contributed by atoms with E-state index in [0.717, 1.165) is 63.7 Å². The molecule has 1 N–H and O–H groups in total. The Morgan fingerprint density at radius 2 is 2.18 bits per heavy atom. The third-order valence-electron chi connectivity index (χ3n) is 4.36. The third kappa shape index (κ3) is 3.91. The second-order valence-electron chi connectivity index (χ2n) is 5.89. The number of hydrogen-bond acceptors (Lipinski definition) is 5. The first kappa shape index (κ1) is 15.6. The maximum Gasteiger partial charge on any atom is 0.164 e. The van der Waals surface area contributed by atoms with Crippen molar-refractivity contribution in [2.75, 3.05) is 53.0 Å². The topological polar surface area (TPSA) is 43.0 Å². The molecule has 0 aliphatic carbocycles. The number of nitrogens with zero attached hydrogens (tertiary/aromatic N) is 1. The highest BCUT2D eigenvalue weighted by atomic mass is 16.6. The SMILES string of the molecule is COc1cccc(CCN2CCNCC2)c1OC1CCOC1. The molecule has 1 aromatic carbocycles.